The van der Waals surface area contributed by atoms with Crippen molar-refractivity contribution in [3.8, 4) is 0 Å². The lowest BCUT2D eigenvalue weighted by molar-refractivity contribution is -0.167. The van der Waals surface area contributed by atoms with Crippen LogP contribution in [0.15, 0.2) is 30.5 Å². The van der Waals surface area contributed by atoms with E-state index in [1.54, 1.807) is 23.6 Å². The van der Waals surface area contributed by atoms with Crippen LogP contribution in [0.1, 0.15) is 5.56 Å². The lowest BCUT2D eigenvalue weighted by Gasteiger charge is -2.09. The Bertz CT molecular complexity index is 586. The molecule has 1 amide bonds. The molecule has 5 nitrogen and oxygen atoms in total. The highest BCUT2D eigenvalue weighted by molar-refractivity contribution is 7.09. The Morgan fingerprint density at radius 3 is 2.80 bits per heavy atom. The van der Waals surface area contributed by atoms with Gasteiger partial charge in [0.2, 0.25) is 0 Å². The van der Waals surface area contributed by atoms with Crippen molar-refractivity contribution in [2.24, 2.45) is 0 Å². The van der Waals surface area contributed by atoms with Crippen molar-refractivity contribution in [1.29, 1.82) is 0 Å². The van der Waals surface area contributed by atoms with E-state index >= 15 is 0 Å². The Kier molecular flexibility index (Phi) is 4.18. The van der Waals surface area contributed by atoms with Gasteiger partial charge < -0.3 is 10.6 Å². The van der Waals surface area contributed by atoms with Crippen LogP contribution in [0.5, 0.6) is 0 Å². The Morgan fingerprint density at radius 1 is 1.35 bits per heavy atom. The van der Waals surface area contributed by atoms with Crippen LogP contribution in [0.4, 0.5) is 23.9 Å². The topological polar surface area (TPSA) is 66.9 Å². The number of halogens is 3. The van der Waals surface area contributed by atoms with Crippen molar-refractivity contribution in [3.63, 3.8) is 0 Å². The SMILES string of the molecule is O=C(Nc1cccc(CNc2cnns2)c1)C(F)(F)F. The second kappa shape index (κ2) is 5.87. The van der Waals surface area contributed by atoms with Crippen LogP contribution in [-0.4, -0.2) is 21.7 Å². The van der Waals surface area contributed by atoms with Crippen molar-refractivity contribution in [2.75, 3.05) is 10.6 Å². The number of hydrogen-bond acceptors (Lipinski definition) is 5. The van der Waals surface area contributed by atoms with Gasteiger partial charge >= 0.3 is 12.1 Å². The molecule has 106 valence electrons. The van der Waals surface area contributed by atoms with Crippen LogP contribution in [0.25, 0.3) is 0 Å². The predicted molar refractivity (Wildman–Crippen MR) is 68.4 cm³/mol. The summed E-state index contributed by atoms with van der Waals surface area (Å²) in [7, 11) is 0. The Balaban J connectivity index is 1.99. The van der Waals surface area contributed by atoms with Crippen LogP contribution in [0, 0.1) is 0 Å². The molecule has 2 N–H and O–H groups in total. The summed E-state index contributed by atoms with van der Waals surface area (Å²) in [5.74, 6) is -1.99. The van der Waals surface area contributed by atoms with Crippen molar-refractivity contribution >= 4 is 28.1 Å². The monoisotopic (exact) mass is 302 g/mol. The molecule has 1 aromatic carbocycles. The fourth-order valence-corrected chi connectivity index (χ4v) is 1.81. The number of nitrogens with one attached hydrogen (secondary N) is 2. The predicted octanol–water partition coefficient (Wildman–Crippen LogP) is 2.65. The number of hydrogen-bond donors (Lipinski definition) is 2. The van der Waals surface area contributed by atoms with E-state index in [0.717, 1.165) is 10.6 Å². The summed E-state index contributed by atoms with van der Waals surface area (Å²) in [4.78, 5) is 10.8. The van der Waals surface area contributed by atoms with E-state index in [-0.39, 0.29) is 5.69 Å². The molecule has 0 aliphatic rings. The van der Waals surface area contributed by atoms with Crippen LogP contribution >= 0.6 is 11.5 Å². The fourth-order valence-electron chi connectivity index (χ4n) is 1.40. The third-order valence-electron chi connectivity index (χ3n) is 2.27. The zero-order valence-corrected chi connectivity index (χ0v) is 10.8. The second-order valence-electron chi connectivity index (χ2n) is 3.79. The van der Waals surface area contributed by atoms with E-state index in [1.807, 2.05) is 0 Å². The van der Waals surface area contributed by atoms with Gasteiger partial charge in [0.15, 0.2) is 0 Å². The number of amides is 1. The number of anilines is 2. The molecule has 0 radical (unpaired) electrons. The minimum atomic E-state index is -4.90. The van der Waals surface area contributed by atoms with Gasteiger partial charge in [0.05, 0.1) is 6.20 Å². The first kappa shape index (κ1) is 14.3. The Labute approximate surface area is 116 Å². The number of carbonyl (C=O) groups is 1. The summed E-state index contributed by atoms with van der Waals surface area (Å²) >= 11 is 1.17. The van der Waals surface area contributed by atoms with E-state index < -0.39 is 12.1 Å². The number of benzene rings is 1. The lowest BCUT2D eigenvalue weighted by Crippen LogP contribution is -2.29. The van der Waals surface area contributed by atoms with Gasteiger partial charge in [-0.25, -0.2) is 0 Å². The molecule has 2 aromatic rings. The first-order chi connectivity index (χ1) is 9.45. The van der Waals surface area contributed by atoms with Crippen LogP contribution in [0.3, 0.4) is 0 Å². The summed E-state index contributed by atoms with van der Waals surface area (Å²) in [6, 6.07) is 6.14. The molecule has 9 heteroatoms. The lowest BCUT2D eigenvalue weighted by atomic mass is 10.2. The maximum atomic E-state index is 12.1. The molecule has 1 heterocycles. The first-order valence-corrected chi connectivity index (χ1v) is 6.21. The molecule has 0 saturated carbocycles. The van der Waals surface area contributed by atoms with E-state index in [4.69, 9.17) is 0 Å². The molecule has 0 bridgehead atoms. The largest absolute Gasteiger partial charge is 0.471 e. The molecular formula is C11H9F3N4OS. The molecule has 0 unspecified atom stereocenters. The smallest absolute Gasteiger partial charge is 0.370 e. The minimum Gasteiger partial charge on any atom is -0.370 e. The van der Waals surface area contributed by atoms with Gasteiger partial charge in [-0.1, -0.05) is 16.6 Å². The molecule has 0 spiro atoms. The van der Waals surface area contributed by atoms with Crippen molar-refractivity contribution in [3.05, 3.63) is 36.0 Å². The summed E-state index contributed by atoms with van der Waals surface area (Å²) in [5.41, 5.74) is 0.812. The van der Waals surface area contributed by atoms with Crippen molar-refractivity contribution in [1.82, 2.24) is 9.59 Å². The summed E-state index contributed by atoms with van der Waals surface area (Å²) in [5, 5.41) is 9.20. The Hall–Kier alpha value is -2.16. The number of nitrogens with zero attached hydrogens (tertiary/aromatic N) is 2. The number of rotatable bonds is 4. The molecular weight excluding hydrogens is 293 g/mol. The first-order valence-electron chi connectivity index (χ1n) is 5.43. The summed E-state index contributed by atoms with van der Waals surface area (Å²) in [6.07, 6.45) is -3.36. The highest BCUT2D eigenvalue weighted by Gasteiger charge is 2.38. The van der Waals surface area contributed by atoms with Crippen molar-refractivity contribution in [2.45, 2.75) is 12.7 Å². The van der Waals surface area contributed by atoms with E-state index in [1.165, 1.54) is 23.7 Å². The molecule has 20 heavy (non-hydrogen) atoms. The molecule has 0 aliphatic carbocycles. The summed E-state index contributed by atoms with van der Waals surface area (Å²) in [6.45, 7) is 0.388. The fraction of sp³-hybridized carbons (Fsp3) is 0.182. The molecule has 0 saturated heterocycles. The van der Waals surface area contributed by atoms with Crippen molar-refractivity contribution < 1.29 is 18.0 Å². The van der Waals surface area contributed by atoms with Crippen LogP contribution < -0.4 is 10.6 Å². The third kappa shape index (κ3) is 3.92. The van der Waals surface area contributed by atoms with E-state index in [2.05, 4.69) is 14.9 Å². The number of alkyl halides is 3. The van der Waals surface area contributed by atoms with Gasteiger partial charge in [0, 0.05) is 23.8 Å². The van der Waals surface area contributed by atoms with Crippen LogP contribution in [-0.2, 0) is 11.3 Å². The zero-order valence-electron chi connectivity index (χ0n) is 9.94. The van der Waals surface area contributed by atoms with E-state index in [0.29, 0.717) is 6.54 Å². The van der Waals surface area contributed by atoms with Gasteiger partial charge in [0.25, 0.3) is 0 Å². The molecule has 0 aliphatic heterocycles. The highest BCUT2D eigenvalue weighted by atomic mass is 32.1. The van der Waals surface area contributed by atoms with Gasteiger partial charge in [-0.05, 0) is 17.7 Å². The average Bonchev–Trinajstić information content (AvgIpc) is 2.89. The maximum Gasteiger partial charge on any atom is 0.471 e. The van der Waals surface area contributed by atoms with E-state index in [9.17, 15) is 18.0 Å². The van der Waals surface area contributed by atoms with Gasteiger partial charge in [-0.15, -0.1) is 5.10 Å². The third-order valence-corrected chi connectivity index (χ3v) is 2.89. The summed E-state index contributed by atoms with van der Waals surface area (Å²) < 4.78 is 40.1. The van der Waals surface area contributed by atoms with Crippen LogP contribution in [0.2, 0.25) is 0 Å². The molecule has 0 fully saturated rings. The van der Waals surface area contributed by atoms with Gasteiger partial charge in [0.1, 0.15) is 5.00 Å². The molecule has 1 aromatic heterocycles. The highest BCUT2D eigenvalue weighted by Crippen LogP contribution is 2.19. The standard InChI is InChI=1S/C11H9F3N4OS/c12-11(13,14)10(19)17-8-3-1-2-7(4-8)5-15-9-6-16-18-20-9/h1-4,6,15H,5H2,(H,17,19). The number of carbonyl (C=O) groups excluding carboxylic acids is 1. The molecule has 2 rings (SSSR count). The maximum absolute atomic E-state index is 12.1. The minimum absolute atomic E-state index is 0.0917. The Morgan fingerprint density at radius 2 is 2.15 bits per heavy atom. The second-order valence-corrected chi connectivity index (χ2v) is 4.57. The van der Waals surface area contributed by atoms with Gasteiger partial charge in [-0.2, -0.15) is 13.2 Å². The number of aromatic nitrogens is 2. The average molecular weight is 302 g/mol. The quantitative estimate of drug-likeness (QED) is 0.911. The zero-order chi connectivity index (χ0) is 14.6. The molecule has 0 atom stereocenters. The normalized spacial score (nSPS) is 11.2. The van der Waals surface area contributed by atoms with Gasteiger partial charge in [-0.3, -0.25) is 4.79 Å².